The van der Waals surface area contributed by atoms with E-state index in [4.69, 9.17) is 4.74 Å². The lowest BCUT2D eigenvalue weighted by atomic mass is 10.0. The van der Waals surface area contributed by atoms with Crippen LogP contribution in [-0.2, 0) is 6.61 Å². The van der Waals surface area contributed by atoms with Crippen molar-refractivity contribution >= 4 is 5.91 Å². The molecule has 1 atom stereocenters. The Morgan fingerprint density at radius 3 is 2.30 bits per heavy atom. The Kier molecular flexibility index (Phi) is 6.21. The predicted molar refractivity (Wildman–Crippen MR) is 104 cm³/mol. The first-order chi connectivity index (χ1) is 13.1. The molecule has 4 heteroatoms. The zero-order chi connectivity index (χ0) is 19.1. The van der Waals surface area contributed by atoms with Crippen molar-refractivity contribution in [3.63, 3.8) is 0 Å². The minimum absolute atomic E-state index is 0.100. The molecule has 0 fully saturated rings. The number of nitrogens with one attached hydrogen (secondary N) is 1. The van der Waals surface area contributed by atoms with Crippen molar-refractivity contribution in [2.45, 2.75) is 19.4 Å². The summed E-state index contributed by atoms with van der Waals surface area (Å²) in [6.45, 7) is 2.96. The molecule has 0 aromatic heterocycles. The van der Waals surface area contributed by atoms with Gasteiger partial charge in [0.2, 0.25) is 0 Å². The van der Waals surface area contributed by atoms with Crippen LogP contribution in [0.4, 0.5) is 4.39 Å². The zero-order valence-corrected chi connectivity index (χ0v) is 15.2. The van der Waals surface area contributed by atoms with Crippen LogP contribution in [0.5, 0.6) is 5.75 Å². The molecule has 0 aliphatic heterocycles. The minimum atomic E-state index is -0.260. The fraction of sp³-hybridized carbons (Fsp3) is 0.174. The van der Waals surface area contributed by atoms with Gasteiger partial charge in [0.15, 0.2) is 0 Å². The quantitative estimate of drug-likeness (QED) is 0.646. The lowest BCUT2D eigenvalue weighted by molar-refractivity contribution is 0.0951. The molecule has 138 valence electrons. The summed E-state index contributed by atoms with van der Waals surface area (Å²) in [5.74, 6) is 0.418. The molecule has 0 heterocycles. The highest BCUT2D eigenvalue weighted by molar-refractivity contribution is 5.94. The Labute approximate surface area is 158 Å². The van der Waals surface area contributed by atoms with E-state index in [2.05, 4.69) is 5.32 Å². The van der Waals surface area contributed by atoms with Crippen molar-refractivity contribution < 1.29 is 13.9 Å². The molecule has 0 saturated carbocycles. The summed E-state index contributed by atoms with van der Waals surface area (Å²) in [4.78, 5) is 12.3. The van der Waals surface area contributed by atoms with Crippen LogP contribution in [0.25, 0.3) is 0 Å². The molecule has 1 unspecified atom stereocenters. The van der Waals surface area contributed by atoms with E-state index in [0.717, 1.165) is 16.9 Å². The summed E-state index contributed by atoms with van der Waals surface area (Å²) in [6.07, 6.45) is 0. The van der Waals surface area contributed by atoms with Gasteiger partial charge in [0.25, 0.3) is 5.91 Å². The molecule has 0 saturated heterocycles. The van der Waals surface area contributed by atoms with Crippen LogP contribution in [0.15, 0.2) is 78.9 Å². The Morgan fingerprint density at radius 2 is 1.63 bits per heavy atom. The van der Waals surface area contributed by atoms with Crippen molar-refractivity contribution in [3.05, 3.63) is 101 Å². The topological polar surface area (TPSA) is 38.3 Å². The van der Waals surface area contributed by atoms with Crippen LogP contribution in [-0.4, -0.2) is 12.5 Å². The highest BCUT2D eigenvalue weighted by Crippen LogP contribution is 2.16. The lowest BCUT2D eigenvalue weighted by Crippen LogP contribution is -2.27. The van der Waals surface area contributed by atoms with Crippen LogP contribution in [0.2, 0.25) is 0 Å². The molecule has 0 aliphatic rings. The van der Waals surface area contributed by atoms with Gasteiger partial charge in [-0.15, -0.1) is 0 Å². The van der Waals surface area contributed by atoms with Crippen LogP contribution < -0.4 is 10.1 Å². The molecule has 0 bridgehead atoms. The first-order valence-electron chi connectivity index (χ1n) is 8.92. The molecular weight excluding hydrogens is 341 g/mol. The van der Waals surface area contributed by atoms with Crippen molar-refractivity contribution in [3.8, 4) is 5.75 Å². The number of hydrogen-bond donors (Lipinski definition) is 1. The third-order valence-electron chi connectivity index (χ3n) is 4.37. The fourth-order valence-corrected chi connectivity index (χ4v) is 2.70. The number of carbonyl (C=O) groups excluding carboxylic acids is 1. The number of benzene rings is 3. The number of ether oxygens (including phenoxy) is 1. The number of halogens is 1. The van der Waals surface area contributed by atoms with Crippen LogP contribution in [0.1, 0.15) is 34.3 Å². The van der Waals surface area contributed by atoms with Crippen LogP contribution in [0.3, 0.4) is 0 Å². The molecule has 3 aromatic rings. The monoisotopic (exact) mass is 363 g/mol. The maximum absolute atomic E-state index is 13.0. The number of carbonyl (C=O) groups is 1. The van der Waals surface area contributed by atoms with Crippen LogP contribution in [0, 0.1) is 5.82 Å². The highest BCUT2D eigenvalue weighted by atomic mass is 19.1. The molecule has 3 nitrogen and oxygen atoms in total. The second-order valence-corrected chi connectivity index (χ2v) is 6.46. The molecule has 0 spiro atoms. The Balaban J connectivity index is 1.50. The predicted octanol–water partition coefficient (Wildman–Crippen LogP) is 4.94. The first-order valence-corrected chi connectivity index (χ1v) is 8.92. The molecular formula is C23H22FNO2. The van der Waals surface area contributed by atoms with Crippen molar-refractivity contribution in [2.24, 2.45) is 0 Å². The molecule has 3 aromatic carbocycles. The highest BCUT2D eigenvalue weighted by Gasteiger charge is 2.10. The average Bonchev–Trinajstić information content (AvgIpc) is 2.72. The van der Waals surface area contributed by atoms with E-state index in [1.54, 1.807) is 36.4 Å². The van der Waals surface area contributed by atoms with E-state index in [-0.39, 0.29) is 17.6 Å². The van der Waals surface area contributed by atoms with Gasteiger partial charge in [0, 0.05) is 12.1 Å². The zero-order valence-electron chi connectivity index (χ0n) is 15.2. The van der Waals surface area contributed by atoms with E-state index in [9.17, 15) is 9.18 Å². The maximum atomic E-state index is 13.0. The van der Waals surface area contributed by atoms with Crippen molar-refractivity contribution in [1.29, 1.82) is 0 Å². The standard InChI is InChI=1S/C23H22FNO2/c1-17(19-7-11-21(24)12-8-19)15-25-23(26)20-9-13-22(14-10-20)27-16-18-5-3-2-4-6-18/h2-14,17H,15-16H2,1H3,(H,25,26). The second-order valence-electron chi connectivity index (χ2n) is 6.46. The summed E-state index contributed by atoms with van der Waals surface area (Å²) < 4.78 is 18.7. The van der Waals surface area contributed by atoms with Gasteiger partial charge in [-0.05, 0) is 53.4 Å². The largest absolute Gasteiger partial charge is 0.489 e. The van der Waals surface area contributed by atoms with Crippen LogP contribution >= 0.6 is 0 Å². The Bertz CT molecular complexity index is 861. The average molecular weight is 363 g/mol. The van der Waals surface area contributed by atoms with Crippen molar-refractivity contribution in [1.82, 2.24) is 5.32 Å². The molecule has 0 aliphatic carbocycles. The molecule has 1 amide bonds. The van der Waals surface area contributed by atoms with E-state index in [0.29, 0.717) is 18.7 Å². The van der Waals surface area contributed by atoms with Gasteiger partial charge in [-0.3, -0.25) is 4.79 Å². The van der Waals surface area contributed by atoms with Gasteiger partial charge in [0.05, 0.1) is 0 Å². The van der Waals surface area contributed by atoms with E-state index >= 15 is 0 Å². The summed E-state index contributed by atoms with van der Waals surface area (Å²) in [6, 6.07) is 23.3. The number of amides is 1. The summed E-state index contributed by atoms with van der Waals surface area (Å²) in [5, 5.41) is 2.92. The Hall–Kier alpha value is -3.14. The van der Waals surface area contributed by atoms with Gasteiger partial charge < -0.3 is 10.1 Å². The minimum Gasteiger partial charge on any atom is -0.489 e. The van der Waals surface area contributed by atoms with Gasteiger partial charge >= 0.3 is 0 Å². The third kappa shape index (κ3) is 5.42. The molecule has 1 N–H and O–H groups in total. The molecule has 27 heavy (non-hydrogen) atoms. The summed E-state index contributed by atoms with van der Waals surface area (Å²) >= 11 is 0. The number of rotatable bonds is 7. The normalized spacial score (nSPS) is 11.6. The van der Waals surface area contributed by atoms with Crippen molar-refractivity contribution in [2.75, 3.05) is 6.54 Å². The van der Waals surface area contributed by atoms with E-state index < -0.39 is 0 Å². The summed E-state index contributed by atoms with van der Waals surface area (Å²) in [5.41, 5.74) is 2.66. The molecule has 3 rings (SSSR count). The van der Waals surface area contributed by atoms with Gasteiger partial charge in [-0.25, -0.2) is 4.39 Å². The SMILES string of the molecule is CC(CNC(=O)c1ccc(OCc2ccccc2)cc1)c1ccc(F)cc1. The van der Waals surface area contributed by atoms with Gasteiger partial charge in [-0.2, -0.15) is 0 Å². The maximum Gasteiger partial charge on any atom is 0.251 e. The van der Waals surface area contributed by atoms with E-state index in [1.165, 1.54) is 12.1 Å². The summed E-state index contributed by atoms with van der Waals surface area (Å²) in [7, 11) is 0. The fourth-order valence-electron chi connectivity index (χ4n) is 2.70. The van der Waals surface area contributed by atoms with Gasteiger partial charge in [-0.1, -0.05) is 49.4 Å². The smallest absolute Gasteiger partial charge is 0.251 e. The Morgan fingerprint density at radius 1 is 0.963 bits per heavy atom. The van der Waals surface area contributed by atoms with Gasteiger partial charge in [0.1, 0.15) is 18.2 Å². The molecule has 0 radical (unpaired) electrons. The second kappa shape index (κ2) is 8.99. The first kappa shape index (κ1) is 18.6. The lowest BCUT2D eigenvalue weighted by Gasteiger charge is -2.13. The van der Waals surface area contributed by atoms with E-state index in [1.807, 2.05) is 37.3 Å². The third-order valence-corrected chi connectivity index (χ3v) is 4.37. The number of hydrogen-bond acceptors (Lipinski definition) is 2.